The molecule has 0 bridgehead atoms. The van der Waals surface area contributed by atoms with Gasteiger partial charge in [-0.3, -0.25) is 4.79 Å². The zero-order valence-electron chi connectivity index (χ0n) is 10.8. The average molecular weight is 286 g/mol. The van der Waals surface area contributed by atoms with Crippen LogP contribution in [0.25, 0.3) is 0 Å². The molecule has 1 amide bonds. The summed E-state index contributed by atoms with van der Waals surface area (Å²) in [6.07, 6.45) is 0.321. The highest BCUT2D eigenvalue weighted by Gasteiger charge is 2.17. The summed E-state index contributed by atoms with van der Waals surface area (Å²) in [5.74, 6) is -1.01. The van der Waals surface area contributed by atoms with Crippen LogP contribution < -0.4 is 10.1 Å². The Kier molecular flexibility index (Phi) is 5.63. The SMILES string of the molecule is CC[C@H](NC(=O)COc1ccc(Cl)c(C)c1)C(=O)O. The van der Waals surface area contributed by atoms with E-state index in [0.717, 1.165) is 5.56 Å². The lowest BCUT2D eigenvalue weighted by molar-refractivity contribution is -0.142. The van der Waals surface area contributed by atoms with Gasteiger partial charge in [0.15, 0.2) is 6.61 Å². The van der Waals surface area contributed by atoms with Crippen molar-refractivity contribution in [2.24, 2.45) is 0 Å². The van der Waals surface area contributed by atoms with Crippen LogP contribution in [0.2, 0.25) is 5.02 Å². The summed E-state index contributed by atoms with van der Waals surface area (Å²) in [5, 5.41) is 11.8. The molecule has 0 aliphatic heterocycles. The number of benzene rings is 1. The van der Waals surface area contributed by atoms with Crippen molar-refractivity contribution in [2.75, 3.05) is 6.61 Å². The van der Waals surface area contributed by atoms with Crippen LogP contribution in [0.5, 0.6) is 5.75 Å². The van der Waals surface area contributed by atoms with Crippen LogP contribution >= 0.6 is 11.6 Å². The van der Waals surface area contributed by atoms with Gasteiger partial charge in [-0.1, -0.05) is 18.5 Å². The Labute approximate surface area is 116 Å². The summed E-state index contributed by atoms with van der Waals surface area (Å²) < 4.78 is 5.27. The summed E-state index contributed by atoms with van der Waals surface area (Å²) in [7, 11) is 0. The van der Waals surface area contributed by atoms with Gasteiger partial charge in [-0.15, -0.1) is 0 Å². The minimum Gasteiger partial charge on any atom is -0.484 e. The molecule has 19 heavy (non-hydrogen) atoms. The molecule has 0 heterocycles. The quantitative estimate of drug-likeness (QED) is 0.838. The first-order valence-electron chi connectivity index (χ1n) is 5.85. The van der Waals surface area contributed by atoms with Crippen LogP contribution in [-0.2, 0) is 9.59 Å². The van der Waals surface area contributed by atoms with E-state index in [1.807, 2.05) is 6.92 Å². The largest absolute Gasteiger partial charge is 0.484 e. The second-order valence-corrected chi connectivity index (χ2v) is 4.47. The summed E-state index contributed by atoms with van der Waals surface area (Å²) in [6, 6.07) is 4.15. The number of aliphatic carboxylic acids is 1. The highest BCUT2D eigenvalue weighted by molar-refractivity contribution is 6.31. The third-order valence-electron chi connectivity index (χ3n) is 2.54. The van der Waals surface area contributed by atoms with Gasteiger partial charge in [0.25, 0.3) is 5.91 Å². The number of aryl methyl sites for hydroxylation is 1. The molecule has 104 valence electrons. The molecule has 0 aliphatic rings. The van der Waals surface area contributed by atoms with Gasteiger partial charge in [-0.2, -0.15) is 0 Å². The van der Waals surface area contributed by atoms with E-state index in [1.54, 1.807) is 25.1 Å². The molecule has 1 aromatic rings. The Bertz CT molecular complexity index is 476. The summed E-state index contributed by atoms with van der Waals surface area (Å²) >= 11 is 5.87. The fourth-order valence-electron chi connectivity index (χ4n) is 1.43. The molecule has 0 spiro atoms. The lowest BCUT2D eigenvalue weighted by Crippen LogP contribution is -2.42. The van der Waals surface area contributed by atoms with Crippen molar-refractivity contribution < 1.29 is 19.4 Å². The maximum absolute atomic E-state index is 11.5. The number of ether oxygens (including phenoxy) is 1. The lowest BCUT2D eigenvalue weighted by Gasteiger charge is -2.13. The third-order valence-corrected chi connectivity index (χ3v) is 2.96. The number of carbonyl (C=O) groups is 2. The second kappa shape index (κ2) is 6.99. The first-order valence-corrected chi connectivity index (χ1v) is 6.23. The molecule has 6 heteroatoms. The van der Waals surface area contributed by atoms with E-state index in [0.29, 0.717) is 17.2 Å². The number of rotatable bonds is 6. The zero-order valence-corrected chi connectivity index (χ0v) is 11.5. The van der Waals surface area contributed by atoms with Crippen LogP contribution in [0.15, 0.2) is 18.2 Å². The molecule has 1 aromatic carbocycles. The number of carbonyl (C=O) groups excluding carboxylic acids is 1. The molecule has 1 rings (SSSR count). The van der Waals surface area contributed by atoms with Gasteiger partial charge in [0, 0.05) is 5.02 Å². The number of hydrogen-bond acceptors (Lipinski definition) is 3. The zero-order chi connectivity index (χ0) is 14.4. The standard InChI is InChI=1S/C13H16ClNO4/c1-3-11(13(17)18)15-12(16)7-19-9-4-5-10(14)8(2)6-9/h4-6,11H,3,7H2,1-2H3,(H,15,16)(H,17,18)/t11-/m0/s1. The molecule has 0 aliphatic carbocycles. The number of hydrogen-bond donors (Lipinski definition) is 2. The molecule has 0 saturated carbocycles. The summed E-state index contributed by atoms with van der Waals surface area (Å²) in [5.41, 5.74) is 0.844. The van der Waals surface area contributed by atoms with Crippen molar-refractivity contribution in [3.05, 3.63) is 28.8 Å². The summed E-state index contributed by atoms with van der Waals surface area (Å²) in [6.45, 7) is 3.28. The van der Waals surface area contributed by atoms with E-state index in [-0.39, 0.29) is 6.61 Å². The molecule has 0 aromatic heterocycles. The molecule has 0 fully saturated rings. The summed E-state index contributed by atoms with van der Waals surface area (Å²) in [4.78, 5) is 22.3. The number of amides is 1. The van der Waals surface area contributed by atoms with Crippen molar-refractivity contribution in [3.63, 3.8) is 0 Å². The van der Waals surface area contributed by atoms with Gasteiger partial charge >= 0.3 is 5.97 Å². The average Bonchev–Trinajstić information content (AvgIpc) is 2.37. The number of halogens is 1. The van der Waals surface area contributed by atoms with Crippen molar-refractivity contribution in [3.8, 4) is 5.75 Å². The first-order chi connectivity index (χ1) is 8.93. The van der Waals surface area contributed by atoms with Crippen LogP contribution in [0, 0.1) is 6.92 Å². The minimum atomic E-state index is -1.06. The second-order valence-electron chi connectivity index (χ2n) is 4.07. The Morgan fingerprint density at radius 2 is 2.16 bits per heavy atom. The Morgan fingerprint density at radius 1 is 1.47 bits per heavy atom. The van der Waals surface area contributed by atoms with Crippen LogP contribution in [0.3, 0.4) is 0 Å². The van der Waals surface area contributed by atoms with Gasteiger partial charge in [-0.05, 0) is 37.1 Å². The molecule has 0 saturated heterocycles. The lowest BCUT2D eigenvalue weighted by atomic mass is 10.2. The van der Waals surface area contributed by atoms with Crippen LogP contribution in [0.1, 0.15) is 18.9 Å². The van der Waals surface area contributed by atoms with E-state index in [2.05, 4.69) is 5.32 Å². The molecular weight excluding hydrogens is 270 g/mol. The van der Waals surface area contributed by atoms with E-state index in [4.69, 9.17) is 21.4 Å². The predicted molar refractivity (Wildman–Crippen MR) is 71.5 cm³/mol. The Hall–Kier alpha value is -1.75. The maximum atomic E-state index is 11.5. The first kappa shape index (κ1) is 15.3. The highest BCUT2D eigenvalue weighted by Crippen LogP contribution is 2.20. The fraction of sp³-hybridized carbons (Fsp3) is 0.385. The number of carboxylic acids is 1. The molecule has 5 nitrogen and oxygen atoms in total. The Balaban J connectivity index is 2.49. The highest BCUT2D eigenvalue weighted by atomic mass is 35.5. The third kappa shape index (κ3) is 4.79. The molecule has 2 N–H and O–H groups in total. The van der Waals surface area contributed by atoms with E-state index >= 15 is 0 Å². The normalized spacial score (nSPS) is 11.7. The van der Waals surface area contributed by atoms with Gasteiger partial charge in [0.2, 0.25) is 0 Å². The smallest absolute Gasteiger partial charge is 0.326 e. The van der Waals surface area contributed by atoms with E-state index < -0.39 is 17.9 Å². The monoisotopic (exact) mass is 285 g/mol. The fourth-order valence-corrected chi connectivity index (χ4v) is 1.55. The van der Waals surface area contributed by atoms with Crippen LogP contribution in [0.4, 0.5) is 0 Å². The molecule has 1 atom stereocenters. The van der Waals surface area contributed by atoms with Crippen molar-refractivity contribution in [1.82, 2.24) is 5.32 Å². The number of nitrogens with one attached hydrogen (secondary N) is 1. The number of carboxylic acid groups (broad SMARTS) is 1. The van der Waals surface area contributed by atoms with Crippen LogP contribution in [-0.4, -0.2) is 29.6 Å². The molecule has 0 unspecified atom stereocenters. The van der Waals surface area contributed by atoms with Crippen molar-refractivity contribution in [1.29, 1.82) is 0 Å². The van der Waals surface area contributed by atoms with Crippen molar-refractivity contribution in [2.45, 2.75) is 26.3 Å². The van der Waals surface area contributed by atoms with Gasteiger partial charge < -0.3 is 15.2 Å². The minimum absolute atomic E-state index is 0.231. The van der Waals surface area contributed by atoms with Gasteiger partial charge in [0.05, 0.1) is 0 Å². The predicted octanol–water partition coefficient (Wildman–Crippen LogP) is 2.01. The van der Waals surface area contributed by atoms with E-state index in [9.17, 15) is 9.59 Å². The van der Waals surface area contributed by atoms with Gasteiger partial charge in [-0.25, -0.2) is 4.79 Å². The Morgan fingerprint density at radius 3 is 2.68 bits per heavy atom. The molecule has 0 radical (unpaired) electrons. The maximum Gasteiger partial charge on any atom is 0.326 e. The van der Waals surface area contributed by atoms with E-state index in [1.165, 1.54) is 0 Å². The topological polar surface area (TPSA) is 75.6 Å². The van der Waals surface area contributed by atoms with Crippen molar-refractivity contribution >= 4 is 23.5 Å². The van der Waals surface area contributed by atoms with Gasteiger partial charge in [0.1, 0.15) is 11.8 Å². The molecular formula is C13H16ClNO4.